The number of alkyl halides is 2. The van der Waals surface area contributed by atoms with Gasteiger partial charge in [0.1, 0.15) is 5.82 Å². The van der Waals surface area contributed by atoms with Gasteiger partial charge in [0.25, 0.3) is 6.43 Å². The van der Waals surface area contributed by atoms with Crippen LogP contribution in [-0.4, -0.2) is 28.3 Å². The van der Waals surface area contributed by atoms with Crippen LogP contribution in [0.4, 0.5) is 24.7 Å². The number of fused-ring (bicyclic) bond motifs is 1. The maximum atomic E-state index is 14.5. The van der Waals surface area contributed by atoms with Gasteiger partial charge in [0, 0.05) is 24.0 Å². The molecule has 5 nitrogen and oxygen atoms in total. The fraction of sp³-hybridized carbons (Fsp3) is 0.381. The number of hydrogen-bond acceptors (Lipinski definition) is 5. The molecule has 1 fully saturated rings. The Labute approximate surface area is 167 Å². The van der Waals surface area contributed by atoms with Gasteiger partial charge < -0.3 is 10.2 Å². The zero-order valence-corrected chi connectivity index (χ0v) is 16.3. The van der Waals surface area contributed by atoms with Crippen molar-refractivity contribution in [2.75, 3.05) is 23.3 Å². The molecule has 0 amide bonds. The van der Waals surface area contributed by atoms with Gasteiger partial charge in [-0.1, -0.05) is 18.2 Å². The molecule has 4 rings (SSSR count). The van der Waals surface area contributed by atoms with Crippen molar-refractivity contribution >= 4 is 22.4 Å². The molecular weight excluding hydrogens is 379 g/mol. The first-order valence-electron chi connectivity index (χ1n) is 9.66. The SMILES string of the molecule is Cc1nnc(N[C@H](C)c2cccc(C(F)F)c2F)c2cc(N3CCCC3)cnc12. The van der Waals surface area contributed by atoms with Crippen molar-refractivity contribution in [1.29, 1.82) is 0 Å². The Hall–Kier alpha value is -2.90. The van der Waals surface area contributed by atoms with E-state index in [1.807, 2.05) is 19.2 Å². The highest BCUT2D eigenvalue weighted by Crippen LogP contribution is 2.32. The van der Waals surface area contributed by atoms with Crippen molar-refractivity contribution in [2.24, 2.45) is 0 Å². The minimum Gasteiger partial charge on any atom is -0.370 e. The van der Waals surface area contributed by atoms with E-state index in [0.29, 0.717) is 17.0 Å². The summed E-state index contributed by atoms with van der Waals surface area (Å²) in [5.41, 5.74) is 1.96. The second-order valence-corrected chi connectivity index (χ2v) is 7.34. The fourth-order valence-electron chi connectivity index (χ4n) is 3.76. The average molecular weight is 401 g/mol. The fourth-order valence-corrected chi connectivity index (χ4v) is 3.76. The highest BCUT2D eigenvalue weighted by Gasteiger charge is 2.21. The number of hydrogen-bond donors (Lipinski definition) is 1. The highest BCUT2D eigenvalue weighted by molar-refractivity contribution is 5.92. The molecule has 1 aromatic carbocycles. The number of anilines is 2. The normalized spacial score (nSPS) is 15.3. The number of aryl methyl sites for hydroxylation is 1. The van der Waals surface area contributed by atoms with Crippen molar-refractivity contribution in [3.8, 4) is 0 Å². The first kappa shape index (κ1) is 19.4. The van der Waals surface area contributed by atoms with Crippen LogP contribution >= 0.6 is 0 Å². The van der Waals surface area contributed by atoms with E-state index in [1.54, 1.807) is 6.92 Å². The number of aromatic nitrogens is 3. The topological polar surface area (TPSA) is 53.9 Å². The third-order valence-electron chi connectivity index (χ3n) is 5.36. The zero-order chi connectivity index (χ0) is 20.5. The molecule has 29 heavy (non-hydrogen) atoms. The van der Waals surface area contributed by atoms with Crippen LogP contribution in [0.3, 0.4) is 0 Å². The first-order valence-corrected chi connectivity index (χ1v) is 9.66. The monoisotopic (exact) mass is 401 g/mol. The number of halogens is 3. The van der Waals surface area contributed by atoms with Gasteiger partial charge in [0.15, 0.2) is 5.82 Å². The molecular formula is C21H22F3N5. The van der Waals surface area contributed by atoms with Crippen LogP contribution in [0.1, 0.15) is 49.1 Å². The summed E-state index contributed by atoms with van der Waals surface area (Å²) < 4.78 is 40.6. The molecule has 0 spiro atoms. The predicted molar refractivity (Wildman–Crippen MR) is 107 cm³/mol. The smallest absolute Gasteiger partial charge is 0.266 e. The van der Waals surface area contributed by atoms with Gasteiger partial charge in [-0.3, -0.25) is 4.98 Å². The predicted octanol–water partition coefficient (Wildman–Crippen LogP) is 5.18. The summed E-state index contributed by atoms with van der Waals surface area (Å²) in [6, 6.07) is 5.46. The molecule has 0 aliphatic carbocycles. The average Bonchev–Trinajstić information content (AvgIpc) is 3.24. The minimum atomic E-state index is -2.87. The summed E-state index contributed by atoms with van der Waals surface area (Å²) >= 11 is 0. The molecule has 1 N–H and O–H groups in total. The highest BCUT2D eigenvalue weighted by atomic mass is 19.3. The van der Waals surface area contributed by atoms with E-state index < -0.39 is 23.8 Å². The van der Waals surface area contributed by atoms with E-state index in [2.05, 4.69) is 25.4 Å². The lowest BCUT2D eigenvalue weighted by molar-refractivity contribution is 0.146. The van der Waals surface area contributed by atoms with Crippen LogP contribution in [0, 0.1) is 12.7 Å². The maximum absolute atomic E-state index is 14.5. The van der Waals surface area contributed by atoms with Gasteiger partial charge in [0.2, 0.25) is 0 Å². The van der Waals surface area contributed by atoms with Crippen LogP contribution < -0.4 is 10.2 Å². The van der Waals surface area contributed by atoms with Crippen molar-refractivity contribution in [1.82, 2.24) is 15.2 Å². The van der Waals surface area contributed by atoms with Gasteiger partial charge in [-0.15, -0.1) is 5.10 Å². The number of rotatable bonds is 5. The lowest BCUT2D eigenvalue weighted by Gasteiger charge is -2.20. The van der Waals surface area contributed by atoms with Crippen LogP contribution in [0.25, 0.3) is 10.9 Å². The lowest BCUT2D eigenvalue weighted by Crippen LogP contribution is -2.18. The number of benzene rings is 1. The lowest BCUT2D eigenvalue weighted by atomic mass is 10.0. The third kappa shape index (κ3) is 3.71. The second kappa shape index (κ2) is 7.85. The molecule has 1 atom stereocenters. The summed E-state index contributed by atoms with van der Waals surface area (Å²) in [6.45, 7) is 5.50. The largest absolute Gasteiger partial charge is 0.370 e. The van der Waals surface area contributed by atoms with E-state index >= 15 is 0 Å². The molecule has 0 saturated carbocycles. The second-order valence-electron chi connectivity index (χ2n) is 7.34. The summed E-state index contributed by atoms with van der Waals surface area (Å²) in [4.78, 5) is 6.83. The molecule has 1 aliphatic heterocycles. The molecule has 1 saturated heterocycles. The van der Waals surface area contributed by atoms with Crippen LogP contribution in [0.2, 0.25) is 0 Å². The molecule has 3 heterocycles. The summed E-state index contributed by atoms with van der Waals surface area (Å²) in [5.74, 6) is -0.448. The Morgan fingerprint density at radius 2 is 1.83 bits per heavy atom. The maximum Gasteiger partial charge on any atom is 0.266 e. The van der Waals surface area contributed by atoms with Crippen LogP contribution in [-0.2, 0) is 0 Å². The van der Waals surface area contributed by atoms with E-state index in [-0.39, 0.29) is 5.56 Å². The Kier molecular flexibility index (Phi) is 5.25. The first-order chi connectivity index (χ1) is 14.0. The summed E-state index contributed by atoms with van der Waals surface area (Å²) in [6.07, 6.45) is 1.26. The van der Waals surface area contributed by atoms with Gasteiger partial charge in [-0.2, -0.15) is 5.10 Å². The van der Waals surface area contributed by atoms with Gasteiger partial charge in [0.05, 0.1) is 34.7 Å². The minimum absolute atomic E-state index is 0.155. The molecule has 0 radical (unpaired) electrons. The van der Waals surface area contributed by atoms with E-state index in [9.17, 15) is 13.2 Å². The van der Waals surface area contributed by atoms with Crippen molar-refractivity contribution < 1.29 is 13.2 Å². The number of pyridine rings is 1. The molecule has 2 aromatic heterocycles. The van der Waals surface area contributed by atoms with Crippen molar-refractivity contribution in [3.63, 3.8) is 0 Å². The van der Waals surface area contributed by atoms with E-state index in [4.69, 9.17) is 0 Å². The summed E-state index contributed by atoms with van der Waals surface area (Å²) in [7, 11) is 0. The molecule has 8 heteroatoms. The Bertz CT molecular complexity index is 1030. The standard InChI is InChI=1S/C21H22F3N5/c1-12(15-6-5-7-16(18(15)22)20(23)24)26-21-17-10-14(29-8-3-4-9-29)11-25-19(17)13(2)27-28-21/h5-7,10-12,20H,3-4,8-9H2,1-2H3,(H,26,28)/t12-/m1/s1. The van der Waals surface area contributed by atoms with Gasteiger partial charge in [-0.05, 0) is 32.8 Å². The Morgan fingerprint density at radius 3 is 2.55 bits per heavy atom. The zero-order valence-electron chi connectivity index (χ0n) is 16.3. The van der Waals surface area contributed by atoms with Crippen LogP contribution in [0.15, 0.2) is 30.5 Å². The Balaban J connectivity index is 1.71. The molecule has 0 bridgehead atoms. The van der Waals surface area contributed by atoms with Crippen molar-refractivity contribution in [2.45, 2.75) is 39.2 Å². The van der Waals surface area contributed by atoms with E-state index in [1.165, 1.54) is 12.1 Å². The number of nitrogens with one attached hydrogen (secondary N) is 1. The van der Waals surface area contributed by atoms with E-state index in [0.717, 1.165) is 43.1 Å². The molecule has 1 aliphatic rings. The number of nitrogens with zero attached hydrogens (tertiary/aromatic N) is 4. The molecule has 3 aromatic rings. The van der Waals surface area contributed by atoms with Gasteiger partial charge in [-0.25, -0.2) is 13.2 Å². The quantitative estimate of drug-likeness (QED) is 0.638. The summed E-state index contributed by atoms with van der Waals surface area (Å²) in [5, 5.41) is 12.3. The van der Waals surface area contributed by atoms with Crippen molar-refractivity contribution in [3.05, 3.63) is 53.1 Å². The van der Waals surface area contributed by atoms with Crippen LogP contribution in [0.5, 0.6) is 0 Å². The molecule has 0 unspecified atom stereocenters. The van der Waals surface area contributed by atoms with Gasteiger partial charge >= 0.3 is 0 Å². The molecule has 152 valence electrons. The Morgan fingerprint density at radius 1 is 1.10 bits per heavy atom. The third-order valence-corrected chi connectivity index (χ3v) is 5.36.